The van der Waals surface area contributed by atoms with E-state index in [4.69, 9.17) is 23.7 Å². The molecule has 3 heterocycles. The zero-order chi connectivity index (χ0) is 40.6. The number of methoxy groups -OCH3 is 2. The Kier molecular flexibility index (Phi) is 15.3. The smallest absolute Gasteiger partial charge is 0.410 e. The minimum atomic E-state index is -0.541. The molecule has 312 valence electrons. The number of fused-ring (bicyclic) bond motifs is 1. The molecular weight excluding hydrogens is 727 g/mol. The first-order valence-electron chi connectivity index (χ1n) is 19.5. The Hall–Kier alpha value is -4.97. The Bertz CT molecular complexity index is 1780. The molecular formula is C45H63N3O9. The van der Waals surface area contributed by atoms with Crippen LogP contribution in [0.1, 0.15) is 101 Å². The van der Waals surface area contributed by atoms with Gasteiger partial charge in [-0.15, -0.1) is 0 Å². The maximum atomic E-state index is 12.7. The SMILES string of the molecule is C.COc1ccc([C@@H]2CCN(C(=O)OC(C)(C)C)C[C@H]2CO)cc1.COc1ccc([C@@H]2CCN(C(=O)OC(C)(C)C)C[C@H]2COc2ccc3c(c2)C(=O)NC3)cc1. The standard InChI is InChI=1S/C26H32N2O5.C18H27NO4.CH4/c1-26(2,3)33-25(30)28-12-11-22(17-5-8-20(31-4)9-6-17)19(15-28)16-32-21-10-7-18-14-27-24(29)23(18)13-21;1-18(2,3)23-17(21)19-10-9-16(14(11-19)12-20)13-5-7-15(22-4)8-6-13;/h5-10,13,19,22H,11-12,14-16H2,1-4H3,(H,27,29);5-8,14,16,20H,9-12H2,1-4H3;1H4/t19-,22-;14-,16-;/m00./s1. The van der Waals surface area contributed by atoms with Gasteiger partial charge < -0.3 is 43.9 Å². The van der Waals surface area contributed by atoms with E-state index in [0.29, 0.717) is 50.6 Å². The van der Waals surface area contributed by atoms with Crippen molar-refractivity contribution in [3.8, 4) is 17.2 Å². The average Bonchev–Trinajstić information content (AvgIpc) is 3.55. The number of benzene rings is 3. The van der Waals surface area contributed by atoms with Crippen LogP contribution in [0.3, 0.4) is 0 Å². The number of hydrogen-bond donors (Lipinski definition) is 2. The number of piperidine rings is 2. The Morgan fingerprint density at radius 1 is 0.719 bits per heavy atom. The van der Waals surface area contributed by atoms with E-state index in [1.54, 1.807) is 30.1 Å². The van der Waals surface area contributed by atoms with E-state index in [1.807, 2.05) is 90.1 Å². The molecule has 12 nitrogen and oxygen atoms in total. The van der Waals surface area contributed by atoms with E-state index in [2.05, 4.69) is 17.4 Å². The number of aliphatic hydroxyl groups is 1. The second-order valence-corrected chi connectivity index (χ2v) is 16.7. The van der Waals surface area contributed by atoms with Crippen LogP contribution in [0, 0.1) is 11.8 Å². The van der Waals surface area contributed by atoms with E-state index >= 15 is 0 Å². The molecule has 0 unspecified atom stereocenters. The summed E-state index contributed by atoms with van der Waals surface area (Å²) in [6.45, 7) is 14.6. The number of aliphatic hydroxyl groups excluding tert-OH is 1. The van der Waals surface area contributed by atoms with Crippen LogP contribution in [-0.2, 0) is 16.0 Å². The monoisotopic (exact) mass is 789 g/mol. The first-order chi connectivity index (χ1) is 26.6. The lowest BCUT2D eigenvalue weighted by molar-refractivity contribution is 0.00952. The van der Waals surface area contributed by atoms with Crippen LogP contribution in [0.25, 0.3) is 0 Å². The van der Waals surface area contributed by atoms with Crippen molar-refractivity contribution in [1.29, 1.82) is 0 Å². The zero-order valence-electron chi connectivity index (χ0n) is 34.1. The summed E-state index contributed by atoms with van der Waals surface area (Å²) in [4.78, 5) is 40.4. The summed E-state index contributed by atoms with van der Waals surface area (Å²) in [5, 5.41) is 12.6. The number of carbonyl (C=O) groups excluding carboxylic acids is 3. The van der Waals surface area contributed by atoms with Gasteiger partial charge in [0.25, 0.3) is 5.91 Å². The van der Waals surface area contributed by atoms with Gasteiger partial charge in [0.05, 0.1) is 20.8 Å². The van der Waals surface area contributed by atoms with Crippen molar-refractivity contribution in [1.82, 2.24) is 15.1 Å². The molecule has 4 atom stereocenters. The predicted octanol–water partition coefficient (Wildman–Crippen LogP) is 8.02. The third-order valence-corrected chi connectivity index (χ3v) is 10.3. The van der Waals surface area contributed by atoms with Gasteiger partial charge >= 0.3 is 12.2 Å². The van der Waals surface area contributed by atoms with Crippen LogP contribution >= 0.6 is 0 Å². The molecule has 0 radical (unpaired) electrons. The second kappa shape index (κ2) is 19.5. The summed E-state index contributed by atoms with van der Waals surface area (Å²) in [5.74, 6) is 2.78. The Morgan fingerprint density at radius 2 is 1.18 bits per heavy atom. The third kappa shape index (κ3) is 12.3. The third-order valence-electron chi connectivity index (χ3n) is 10.3. The molecule has 3 aliphatic rings. The molecule has 6 rings (SSSR count). The van der Waals surface area contributed by atoms with E-state index in [1.165, 1.54) is 11.1 Å². The highest BCUT2D eigenvalue weighted by atomic mass is 16.6. The zero-order valence-corrected chi connectivity index (χ0v) is 34.1. The maximum absolute atomic E-state index is 12.7. The van der Waals surface area contributed by atoms with E-state index in [0.717, 1.165) is 29.9 Å². The molecule has 0 aliphatic carbocycles. The predicted molar refractivity (Wildman–Crippen MR) is 220 cm³/mol. The highest BCUT2D eigenvalue weighted by molar-refractivity contribution is 5.98. The minimum Gasteiger partial charge on any atom is -0.497 e. The normalized spacial score (nSPS) is 20.5. The van der Waals surface area contributed by atoms with Gasteiger partial charge in [-0.05, 0) is 119 Å². The van der Waals surface area contributed by atoms with Crippen molar-refractivity contribution in [3.63, 3.8) is 0 Å². The molecule has 3 amide bonds. The first-order valence-corrected chi connectivity index (χ1v) is 19.5. The van der Waals surface area contributed by atoms with Gasteiger partial charge in [-0.2, -0.15) is 0 Å². The minimum absolute atomic E-state index is 0. The van der Waals surface area contributed by atoms with Crippen molar-refractivity contribution in [2.45, 2.75) is 91.4 Å². The van der Waals surface area contributed by atoms with Crippen LogP contribution in [0.2, 0.25) is 0 Å². The molecule has 2 saturated heterocycles. The lowest BCUT2D eigenvalue weighted by Gasteiger charge is -2.39. The summed E-state index contributed by atoms with van der Waals surface area (Å²) in [5.41, 5.74) is 2.98. The van der Waals surface area contributed by atoms with Crippen LogP contribution in [0.4, 0.5) is 9.59 Å². The van der Waals surface area contributed by atoms with Gasteiger partial charge in [-0.3, -0.25) is 4.79 Å². The van der Waals surface area contributed by atoms with Crippen molar-refractivity contribution in [2.24, 2.45) is 11.8 Å². The summed E-state index contributed by atoms with van der Waals surface area (Å²) in [6.07, 6.45) is 1.03. The number of likely N-dealkylation sites (tertiary alicyclic amines) is 2. The number of hydrogen-bond acceptors (Lipinski definition) is 9. The fraction of sp³-hybridized carbons (Fsp3) is 0.533. The molecule has 0 bridgehead atoms. The number of nitrogens with zero attached hydrogens (tertiary/aromatic N) is 2. The molecule has 57 heavy (non-hydrogen) atoms. The molecule has 3 aromatic carbocycles. The lowest BCUT2D eigenvalue weighted by atomic mass is 9.81. The topological polar surface area (TPSA) is 136 Å². The Balaban J connectivity index is 0.000000265. The van der Waals surface area contributed by atoms with Crippen LogP contribution in [0.5, 0.6) is 17.2 Å². The summed E-state index contributed by atoms with van der Waals surface area (Å²) < 4.78 is 27.7. The van der Waals surface area contributed by atoms with Crippen molar-refractivity contribution >= 4 is 18.1 Å². The fourth-order valence-corrected chi connectivity index (χ4v) is 7.47. The molecule has 2 N–H and O–H groups in total. The van der Waals surface area contributed by atoms with Gasteiger partial charge in [0, 0.05) is 56.7 Å². The van der Waals surface area contributed by atoms with Gasteiger partial charge in [-0.1, -0.05) is 37.8 Å². The van der Waals surface area contributed by atoms with E-state index < -0.39 is 11.2 Å². The molecule has 12 heteroatoms. The molecule has 0 spiro atoms. The number of ether oxygens (including phenoxy) is 5. The van der Waals surface area contributed by atoms with E-state index in [9.17, 15) is 19.5 Å². The van der Waals surface area contributed by atoms with Gasteiger partial charge in [0.15, 0.2) is 0 Å². The molecule has 0 saturated carbocycles. The molecule has 2 fully saturated rings. The average molecular weight is 790 g/mol. The summed E-state index contributed by atoms with van der Waals surface area (Å²) in [6, 6.07) is 21.7. The summed E-state index contributed by atoms with van der Waals surface area (Å²) >= 11 is 0. The molecule has 0 aromatic heterocycles. The fourth-order valence-electron chi connectivity index (χ4n) is 7.47. The number of amides is 3. The van der Waals surface area contributed by atoms with Crippen LogP contribution in [-0.4, -0.2) is 97.8 Å². The first kappa shape index (κ1) is 44.7. The second-order valence-electron chi connectivity index (χ2n) is 16.7. The van der Waals surface area contributed by atoms with Crippen LogP contribution < -0.4 is 19.5 Å². The largest absolute Gasteiger partial charge is 0.497 e. The number of carbonyl (C=O) groups is 3. The Labute approximate surface area is 338 Å². The highest BCUT2D eigenvalue weighted by Gasteiger charge is 2.36. The van der Waals surface area contributed by atoms with Gasteiger partial charge in [-0.25, -0.2) is 9.59 Å². The maximum Gasteiger partial charge on any atom is 0.410 e. The number of nitrogens with one attached hydrogen (secondary N) is 1. The number of rotatable bonds is 8. The Morgan fingerprint density at radius 3 is 1.63 bits per heavy atom. The quantitative estimate of drug-likeness (QED) is 0.233. The summed E-state index contributed by atoms with van der Waals surface area (Å²) in [7, 11) is 3.30. The molecule has 3 aliphatic heterocycles. The van der Waals surface area contributed by atoms with Gasteiger partial charge in [0.2, 0.25) is 0 Å². The molecule has 3 aromatic rings. The van der Waals surface area contributed by atoms with Crippen molar-refractivity contribution < 1.29 is 43.2 Å². The van der Waals surface area contributed by atoms with Crippen molar-refractivity contribution in [2.75, 3.05) is 53.6 Å². The highest BCUT2D eigenvalue weighted by Crippen LogP contribution is 2.36. The van der Waals surface area contributed by atoms with Crippen LogP contribution in [0.15, 0.2) is 66.7 Å². The van der Waals surface area contributed by atoms with Gasteiger partial charge in [0.1, 0.15) is 28.5 Å². The van der Waals surface area contributed by atoms with E-state index in [-0.39, 0.29) is 55.8 Å². The van der Waals surface area contributed by atoms with Crippen molar-refractivity contribution in [3.05, 3.63) is 89.0 Å². The lowest BCUT2D eigenvalue weighted by Crippen LogP contribution is -2.46.